The van der Waals surface area contributed by atoms with Gasteiger partial charge in [0.15, 0.2) is 5.58 Å². The summed E-state index contributed by atoms with van der Waals surface area (Å²) in [6, 6.07) is 7.46. The van der Waals surface area contributed by atoms with Gasteiger partial charge in [-0.2, -0.15) is 4.98 Å². The third-order valence-electron chi connectivity index (χ3n) is 2.45. The van der Waals surface area contributed by atoms with Gasteiger partial charge in [-0.3, -0.25) is 15.2 Å². The Kier molecular flexibility index (Phi) is 3.38. The average Bonchev–Trinajstić information content (AvgIpc) is 3.02. The van der Waals surface area contributed by atoms with Crippen molar-refractivity contribution < 1.29 is 9.21 Å². The number of amides is 1. The number of nitrogens with one attached hydrogen (secondary N) is 2. The molecule has 0 atom stereocenters. The summed E-state index contributed by atoms with van der Waals surface area (Å²) in [5, 5.41) is 9.53. The predicted molar refractivity (Wildman–Crippen MR) is 74.5 cm³/mol. The molecule has 0 bridgehead atoms. The Morgan fingerprint density at radius 2 is 2.25 bits per heavy atom. The molecule has 0 unspecified atom stereocenters. The Labute approximate surface area is 118 Å². The molecule has 2 heterocycles. The minimum absolute atomic E-state index is 0.181. The van der Waals surface area contributed by atoms with Crippen molar-refractivity contribution >= 4 is 34.7 Å². The molecule has 0 saturated heterocycles. The predicted octanol–water partition coefficient (Wildman–Crippen LogP) is 1.99. The van der Waals surface area contributed by atoms with Crippen LogP contribution in [0.3, 0.4) is 0 Å². The van der Waals surface area contributed by atoms with Crippen LogP contribution in [-0.4, -0.2) is 31.8 Å². The summed E-state index contributed by atoms with van der Waals surface area (Å²) in [7, 11) is 0. The Bertz CT molecular complexity index is 718. The van der Waals surface area contributed by atoms with E-state index in [9.17, 15) is 4.79 Å². The SMILES string of the molecule is Cc1nc(NC(=O)CSc2nc3ccccc3o2)n[nH]1. The molecule has 3 aromatic rings. The minimum atomic E-state index is -0.212. The van der Waals surface area contributed by atoms with Gasteiger partial charge in [0, 0.05) is 0 Å². The number of anilines is 1. The van der Waals surface area contributed by atoms with Crippen molar-refractivity contribution in [1.82, 2.24) is 20.2 Å². The fourth-order valence-corrected chi connectivity index (χ4v) is 2.24. The average molecular weight is 289 g/mol. The van der Waals surface area contributed by atoms with Crippen LogP contribution in [0.5, 0.6) is 0 Å². The van der Waals surface area contributed by atoms with E-state index in [1.165, 1.54) is 11.8 Å². The molecule has 7 nitrogen and oxygen atoms in total. The number of aromatic nitrogens is 4. The maximum absolute atomic E-state index is 11.7. The topological polar surface area (TPSA) is 96.7 Å². The number of carbonyl (C=O) groups excluding carboxylic acids is 1. The first kappa shape index (κ1) is 12.7. The van der Waals surface area contributed by atoms with Crippen LogP contribution in [-0.2, 0) is 4.79 Å². The van der Waals surface area contributed by atoms with E-state index in [0.29, 0.717) is 16.6 Å². The van der Waals surface area contributed by atoms with Gasteiger partial charge < -0.3 is 4.42 Å². The van der Waals surface area contributed by atoms with E-state index in [0.717, 1.165) is 5.52 Å². The van der Waals surface area contributed by atoms with Crippen LogP contribution in [0.15, 0.2) is 33.9 Å². The van der Waals surface area contributed by atoms with E-state index in [4.69, 9.17) is 4.42 Å². The van der Waals surface area contributed by atoms with E-state index in [1.54, 1.807) is 6.92 Å². The van der Waals surface area contributed by atoms with E-state index in [-0.39, 0.29) is 17.6 Å². The number of H-pyrrole nitrogens is 1. The number of fused-ring (bicyclic) bond motifs is 1. The van der Waals surface area contributed by atoms with Crippen molar-refractivity contribution in [3.8, 4) is 0 Å². The van der Waals surface area contributed by atoms with Crippen LogP contribution in [0.1, 0.15) is 5.82 Å². The molecule has 0 radical (unpaired) electrons. The molecule has 1 amide bonds. The molecule has 2 N–H and O–H groups in total. The number of hydrogen-bond donors (Lipinski definition) is 2. The second kappa shape index (κ2) is 5.33. The molecule has 0 saturated carbocycles. The van der Waals surface area contributed by atoms with Crippen molar-refractivity contribution in [2.75, 3.05) is 11.1 Å². The smallest absolute Gasteiger partial charge is 0.257 e. The van der Waals surface area contributed by atoms with Gasteiger partial charge in [0.25, 0.3) is 5.22 Å². The van der Waals surface area contributed by atoms with Crippen LogP contribution in [0.2, 0.25) is 0 Å². The molecule has 0 spiro atoms. The Hall–Kier alpha value is -2.35. The number of benzene rings is 1. The number of para-hydroxylation sites is 2. The lowest BCUT2D eigenvalue weighted by Gasteiger charge is -1.97. The number of aryl methyl sites for hydroxylation is 1. The van der Waals surface area contributed by atoms with Gasteiger partial charge in [0.2, 0.25) is 11.9 Å². The summed E-state index contributed by atoms with van der Waals surface area (Å²) in [6.45, 7) is 1.76. The molecule has 1 aromatic carbocycles. The molecule has 0 aliphatic rings. The zero-order chi connectivity index (χ0) is 13.9. The highest BCUT2D eigenvalue weighted by atomic mass is 32.2. The molecule has 8 heteroatoms. The highest BCUT2D eigenvalue weighted by molar-refractivity contribution is 7.99. The second-order valence-electron chi connectivity index (χ2n) is 4.03. The van der Waals surface area contributed by atoms with Crippen molar-refractivity contribution in [3.05, 3.63) is 30.1 Å². The van der Waals surface area contributed by atoms with E-state index < -0.39 is 0 Å². The summed E-state index contributed by atoms with van der Waals surface area (Å²) < 4.78 is 5.51. The van der Waals surface area contributed by atoms with E-state index in [2.05, 4.69) is 25.5 Å². The maximum Gasteiger partial charge on any atom is 0.257 e. The number of nitrogens with zero attached hydrogens (tertiary/aromatic N) is 3. The summed E-state index contributed by atoms with van der Waals surface area (Å²) in [5.74, 6) is 0.884. The minimum Gasteiger partial charge on any atom is -0.431 e. The number of aromatic amines is 1. The summed E-state index contributed by atoms with van der Waals surface area (Å²) in [4.78, 5) is 20.0. The molecule has 3 rings (SSSR count). The standard InChI is InChI=1S/C12H11N5O2S/c1-7-13-11(17-16-7)15-10(18)6-20-12-14-8-4-2-3-5-9(8)19-12/h2-5H,6H2,1H3,(H2,13,15,16,17,18). The van der Waals surface area contributed by atoms with Gasteiger partial charge in [-0.25, -0.2) is 4.98 Å². The molecule has 0 aliphatic heterocycles. The Balaban J connectivity index is 1.59. The lowest BCUT2D eigenvalue weighted by molar-refractivity contribution is -0.113. The molecule has 0 aliphatic carbocycles. The fraction of sp³-hybridized carbons (Fsp3) is 0.167. The van der Waals surface area contributed by atoms with Gasteiger partial charge in [0.05, 0.1) is 5.75 Å². The van der Waals surface area contributed by atoms with E-state index >= 15 is 0 Å². The van der Waals surface area contributed by atoms with Crippen LogP contribution in [0.4, 0.5) is 5.95 Å². The quantitative estimate of drug-likeness (QED) is 0.713. The first-order chi connectivity index (χ1) is 9.70. The van der Waals surface area contributed by atoms with Gasteiger partial charge >= 0.3 is 0 Å². The second-order valence-corrected chi connectivity index (χ2v) is 4.96. The van der Waals surface area contributed by atoms with Gasteiger partial charge in [-0.1, -0.05) is 23.9 Å². The Morgan fingerprint density at radius 1 is 1.40 bits per heavy atom. The third kappa shape index (κ3) is 2.80. The summed E-state index contributed by atoms with van der Waals surface area (Å²) in [5.41, 5.74) is 1.49. The largest absolute Gasteiger partial charge is 0.431 e. The summed E-state index contributed by atoms with van der Waals surface area (Å²) in [6.07, 6.45) is 0. The lowest BCUT2D eigenvalue weighted by atomic mass is 10.3. The maximum atomic E-state index is 11.7. The van der Waals surface area contributed by atoms with Crippen LogP contribution in [0.25, 0.3) is 11.1 Å². The molecule has 102 valence electrons. The van der Waals surface area contributed by atoms with Crippen molar-refractivity contribution in [3.63, 3.8) is 0 Å². The third-order valence-corrected chi connectivity index (χ3v) is 3.28. The zero-order valence-electron chi connectivity index (χ0n) is 10.6. The first-order valence-corrected chi connectivity index (χ1v) is 6.86. The summed E-state index contributed by atoms with van der Waals surface area (Å²) >= 11 is 1.22. The highest BCUT2D eigenvalue weighted by Crippen LogP contribution is 2.22. The molecule has 0 fully saturated rings. The fourth-order valence-electron chi connectivity index (χ4n) is 1.60. The number of carbonyl (C=O) groups is 1. The lowest BCUT2D eigenvalue weighted by Crippen LogP contribution is -2.15. The number of hydrogen-bond acceptors (Lipinski definition) is 6. The molecule has 2 aromatic heterocycles. The van der Waals surface area contributed by atoms with Crippen molar-refractivity contribution in [2.45, 2.75) is 12.1 Å². The Morgan fingerprint density at radius 3 is 3.00 bits per heavy atom. The van der Waals surface area contributed by atoms with Crippen molar-refractivity contribution in [1.29, 1.82) is 0 Å². The number of oxazole rings is 1. The van der Waals surface area contributed by atoms with Gasteiger partial charge in [0.1, 0.15) is 11.3 Å². The van der Waals surface area contributed by atoms with E-state index in [1.807, 2.05) is 24.3 Å². The molecular weight excluding hydrogens is 278 g/mol. The van der Waals surface area contributed by atoms with Crippen LogP contribution >= 0.6 is 11.8 Å². The number of thioether (sulfide) groups is 1. The van der Waals surface area contributed by atoms with Crippen LogP contribution in [0, 0.1) is 6.92 Å². The highest BCUT2D eigenvalue weighted by Gasteiger charge is 2.10. The van der Waals surface area contributed by atoms with Gasteiger partial charge in [-0.05, 0) is 19.1 Å². The number of rotatable bonds is 4. The molecule has 20 heavy (non-hydrogen) atoms. The zero-order valence-corrected chi connectivity index (χ0v) is 11.4. The van der Waals surface area contributed by atoms with Crippen LogP contribution < -0.4 is 5.32 Å². The first-order valence-electron chi connectivity index (χ1n) is 5.88. The van der Waals surface area contributed by atoms with Gasteiger partial charge in [-0.15, -0.1) is 5.10 Å². The van der Waals surface area contributed by atoms with Crippen molar-refractivity contribution in [2.24, 2.45) is 0 Å². The normalized spacial score (nSPS) is 10.8. The molecular formula is C12H11N5O2S. The monoisotopic (exact) mass is 289 g/mol.